The Morgan fingerprint density at radius 1 is 1.17 bits per heavy atom. The van der Waals surface area contributed by atoms with E-state index in [0.717, 1.165) is 43.6 Å². The van der Waals surface area contributed by atoms with Crippen molar-refractivity contribution in [2.45, 2.75) is 59.0 Å². The lowest BCUT2D eigenvalue weighted by Crippen LogP contribution is -2.60. The molecule has 0 radical (unpaired) electrons. The van der Waals surface area contributed by atoms with Gasteiger partial charge in [-0.15, -0.1) is 0 Å². The number of ether oxygens (including phenoxy) is 1. The summed E-state index contributed by atoms with van der Waals surface area (Å²) in [6.07, 6.45) is 1.68. The number of carboxylic acid groups (broad SMARTS) is 1. The third-order valence-electron chi connectivity index (χ3n) is 8.15. The topological polar surface area (TPSA) is 53.0 Å². The summed E-state index contributed by atoms with van der Waals surface area (Å²) in [5.41, 5.74) is 1.98. The maximum Gasteiger partial charge on any atom is 0.408 e. The Balaban J connectivity index is 1.52. The van der Waals surface area contributed by atoms with E-state index in [2.05, 4.69) is 18.7 Å². The fourth-order valence-electron chi connectivity index (χ4n) is 6.55. The minimum Gasteiger partial charge on any atom is -0.493 e. The average molecular weight is 499 g/mol. The molecule has 3 heterocycles. The summed E-state index contributed by atoms with van der Waals surface area (Å²) in [5.74, 6) is 0.0312. The molecule has 3 fully saturated rings. The standard InChI is InChI=1S/C29H36F2N2O3/c1-17(2)16-36-22-10-19(9-21(30)12-22)23-11-20-14-29(3,4)27(24(20)13-25(23)31)33(28(34)35)26-15-32-7-5-18(26)6-8-32/h9-13,17-18,26-27H,5-8,14-16H2,1-4H3,(H,34,35)/t26-,27+/m1/s1. The Labute approximate surface area is 212 Å². The van der Waals surface area contributed by atoms with Crippen LogP contribution in [0.15, 0.2) is 30.3 Å². The number of carbonyl (C=O) groups is 1. The molecule has 2 atom stereocenters. The van der Waals surface area contributed by atoms with Gasteiger partial charge in [-0.25, -0.2) is 13.6 Å². The van der Waals surface area contributed by atoms with Gasteiger partial charge in [-0.2, -0.15) is 0 Å². The summed E-state index contributed by atoms with van der Waals surface area (Å²) in [7, 11) is 0. The van der Waals surface area contributed by atoms with E-state index in [1.54, 1.807) is 17.0 Å². The summed E-state index contributed by atoms with van der Waals surface area (Å²) >= 11 is 0. The first-order chi connectivity index (χ1) is 17.0. The van der Waals surface area contributed by atoms with Crippen LogP contribution in [-0.2, 0) is 6.42 Å². The summed E-state index contributed by atoms with van der Waals surface area (Å²) in [6, 6.07) is 7.05. The van der Waals surface area contributed by atoms with E-state index >= 15 is 4.39 Å². The quantitative estimate of drug-likeness (QED) is 0.503. The second kappa shape index (κ2) is 9.33. The van der Waals surface area contributed by atoms with Gasteiger partial charge in [0, 0.05) is 18.2 Å². The molecular weight excluding hydrogens is 462 g/mol. The number of nitrogens with zero attached hydrogens (tertiary/aromatic N) is 2. The van der Waals surface area contributed by atoms with Crippen molar-refractivity contribution in [3.63, 3.8) is 0 Å². The zero-order valence-electron chi connectivity index (χ0n) is 21.6. The molecule has 0 spiro atoms. The first kappa shape index (κ1) is 25.0. The molecule has 3 saturated heterocycles. The Morgan fingerprint density at radius 2 is 1.89 bits per heavy atom. The van der Waals surface area contributed by atoms with Crippen LogP contribution in [-0.4, -0.2) is 53.3 Å². The molecule has 1 amide bonds. The Hall–Kier alpha value is -2.67. The Kier molecular flexibility index (Phi) is 6.48. The molecule has 5 nitrogen and oxygen atoms in total. The van der Waals surface area contributed by atoms with Gasteiger partial charge in [-0.05, 0) is 90.6 Å². The van der Waals surface area contributed by atoms with E-state index in [4.69, 9.17) is 4.74 Å². The number of halogens is 2. The van der Waals surface area contributed by atoms with E-state index in [1.165, 1.54) is 18.2 Å². The highest BCUT2D eigenvalue weighted by atomic mass is 19.1. The van der Waals surface area contributed by atoms with Gasteiger partial charge in [-0.3, -0.25) is 4.90 Å². The molecule has 7 heteroatoms. The summed E-state index contributed by atoms with van der Waals surface area (Å²) in [5, 5.41) is 10.4. The van der Waals surface area contributed by atoms with E-state index in [-0.39, 0.29) is 12.0 Å². The molecule has 6 rings (SSSR count). The van der Waals surface area contributed by atoms with Crippen LogP contribution in [0.3, 0.4) is 0 Å². The van der Waals surface area contributed by atoms with Crippen LogP contribution in [0.25, 0.3) is 11.1 Å². The molecule has 36 heavy (non-hydrogen) atoms. The minimum absolute atomic E-state index is 0.0909. The number of piperidine rings is 3. The lowest BCUT2D eigenvalue weighted by Gasteiger charge is -2.51. The number of hydrogen-bond donors (Lipinski definition) is 1. The summed E-state index contributed by atoms with van der Waals surface area (Å²) < 4.78 is 35.8. The molecule has 3 aliphatic heterocycles. The normalized spacial score (nSPS) is 26.2. The molecule has 0 saturated carbocycles. The van der Waals surface area contributed by atoms with E-state index in [0.29, 0.717) is 35.8 Å². The number of fused-ring (bicyclic) bond motifs is 4. The lowest BCUT2D eigenvalue weighted by molar-refractivity contribution is -0.0267. The van der Waals surface area contributed by atoms with E-state index in [9.17, 15) is 14.3 Å². The van der Waals surface area contributed by atoms with Crippen molar-refractivity contribution in [1.29, 1.82) is 0 Å². The van der Waals surface area contributed by atoms with E-state index in [1.807, 2.05) is 13.8 Å². The monoisotopic (exact) mass is 498 g/mol. The zero-order valence-corrected chi connectivity index (χ0v) is 21.6. The van der Waals surface area contributed by atoms with Crippen molar-refractivity contribution in [3.05, 3.63) is 53.1 Å². The van der Waals surface area contributed by atoms with Crippen molar-refractivity contribution >= 4 is 6.09 Å². The van der Waals surface area contributed by atoms with Crippen LogP contribution < -0.4 is 4.74 Å². The van der Waals surface area contributed by atoms with Gasteiger partial charge in [0.1, 0.15) is 17.4 Å². The fraction of sp³-hybridized carbons (Fsp3) is 0.552. The summed E-state index contributed by atoms with van der Waals surface area (Å²) in [6.45, 7) is 11.4. The Morgan fingerprint density at radius 3 is 2.50 bits per heavy atom. The number of benzene rings is 2. The molecule has 194 valence electrons. The average Bonchev–Trinajstić information content (AvgIpc) is 3.07. The van der Waals surface area contributed by atoms with Crippen molar-refractivity contribution in [3.8, 4) is 16.9 Å². The van der Waals surface area contributed by atoms with Crippen molar-refractivity contribution in [1.82, 2.24) is 9.80 Å². The highest BCUT2D eigenvalue weighted by Crippen LogP contribution is 2.52. The maximum atomic E-state index is 15.7. The summed E-state index contributed by atoms with van der Waals surface area (Å²) in [4.78, 5) is 16.6. The molecular formula is C29H36F2N2O3. The molecule has 4 aliphatic rings. The number of amides is 1. The first-order valence-corrected chi connectivity index (χ1v) is 13.0. The van der Waals surface area contributed by atoms with Gasteiger partial charge >= 0.3 is 6.09 Å². The van der Waals surface area contributed by atoms with Crippen molar-refractivity contribution in [2.24, 2.45) is 17.3 Å². The largest absolute Gasteiger partial charge is 0.493 e. The lowest BCUT2D eigenvalue weighted by atomic mass is 9.79. The van der Waals surface area contributed by atoms with Crippen LogP contribution in [0.5, 0.6) is 5.75 Å². The van der Waals surface area contributed by atoms with Crippen LogP contribution >= 0.6 is 0 Å². The first-order valence-electron chi connectivity index (χ1n) is 13.0. The highest BCUT2D eigenvalue weighted by Gasteiger charge is 2.50. The van der Waals surface area contributed by atoms with Gasteiger partial charge in [0.15, 0.2) is 0 Å². The predicted molar refractivity (Wildman–Crippen MR) is 135 cm³/mol. The molecule has 0 unspecified atom stereocenters. The highest BCUT2D eigenvalue weighted by molar-refractivity contribution is 5.70. The predicted octanol–water partition coefficient (Wildman–Crippen LogP) is 6.36. The molecule has 1 N–H and O–H groups in total. The van der Waals surface area contributed by atoms with Crippen LogP contribution in [0.4, 0.5) is 13.6 Å². The van der Waals surface area contributed by atoms with Gasteiger partial charge in [0.05, 0.1) is 18.7 Å². The van der Waals surface area contributed by atoms with Crippen LogP contribution in [0, 0.1) is 28.9 Å². The molecule has 2 bridgehead atoms. The van der Waals surface area contributed by atoms with Crippen LogP contribution in [0.1, 0.15) is 57.7 Å². The second-order valence-corrected chi connectivity index (χ2v) is 11.9. The smallest absolute Gasteiger partial charge is 0.408 e. The number of rotatable bonds is 6. The Bertz CT molecular complexity index is 1160. The van der Waals surface area contributed by atoms with E-state index < -0.39 is 29.2 Å². The number of hydrogen-bond acceptors (Lipinski definition) is 3. The SMILES string of the molecule is CC(C)COc1cc(F)cc(-c2cc3c(cc2F)[C@H](N(C(=O)O)[C@@H]2CN4CCC2CC4)C(C)(C)C3)c1. The zero-order chi connectivity index (χ0) is 25.8. The van der Waals surface area contributed by atoms with Gasteiger partial charge in [0.2, 0.25) is 0 Å². The van der Waals surface area contributed by atoms with Gasteiger partial charge in [-0.1, -0.05) is 27.7 Å². The molecule has 1 aliphatic carbocycles. The van der Waals surface area contributed by atoms with Crippen molar-refractivity contribution < 1.29 is 23.4 Å². The fourth-order valence-corrected chi connectivity index (χ4v) is 6.55. The minimum atomic E-state index is -0.943. The second-order valence-electron chi connectivity index (χ2n) is 11.9. The van der Waals surface area contributed by atoms with Crippen LogP contribution in [0.2, 0.25) is 0 Å². The van der Waals surface area contributed by atoms with Gasteiger partial charge in [0.25, 0.3) is 0 Å². The van der Waals surface area contributed by atoms with Crippen molar-refractivity contribution in [2.75, 3.05) is 26.2 Å². The molecule has 0 aromatic heterocycles. The maximum absolute atomic E-state index is 15.7. The third kappa shape index (κ3) is 4.58. The third-order valence-corrected chi connectivity index (χ3v) is 8.15. The van der Waals surface area contributed by atoms with Gasteiger partial charge < -0.3 is 14.7 Å². The molecule has 2 aromatic carbocycles. The molecule has 2 aromatic rings.